The number of carbonyl (C=O) groups excluding carboxylic acids is 2. The van der Waals surface area contributed by atoms with Gasteiger partial charge in [0.25, 0.3) is 15.9 Å². The highest BCUT2D eigenvalue weighted by Crippen LogP contribution is 2.19. The molecule has 134 valence electrons. The van der Waals surface area contributed by atoms with Crippen LogP contribution >= 0.6 is 15.9 Å². The standard InChI is InChI=1S/C15H16BrN3O5S/c1-9-7-10(3-4-11(9)16)19-13(20)8-18-15(21)12-5-6-14(24-12)25(22,23)17-2/h3-7,17H,8H2,1-2H3,(H,18,21)(H,19,20). The molecule has 1 heterocycles. The lowest BCUT2D eigenvalue weighted by Crippen LogP contribution is -2.32. The molecule has 0 unspecified atom stereocenters. The van der Waals surface area contributed by atoms with Gasteiger partial charge in [0, 0.05) is 10.2 Å². The third-order valence-corrected chi connectivity index (χ3v) is 5.37. The van der Waals surface area contributed by atoms with Crippen molar-refractivity contribution in [1.82, 2.24) is 10.0 Å². The molecule has 10 heteroatoms. The quantitative estimate of drug-likeness (QED) is 0.644. The number of sulfonamides is 1. The van der Waals surface area contributed by atoms with E-state index in [-0.39, 0.29) is 17.4 Å². The topological polar surface area (TPSA) is 118 Å². The Labute approximate surface area is 153 Å². The molecule has 2 aromatic rings. The molecule has 0 radical (unpaired) electrons. The number of amides is 2. The SMILES string of the molecule is CNS(=O)(=O)c1ccc(C(=O)NCC(=O)Nc2ccc(Br)c(C)c2)o1. The molecule has 0 fully saturated rings. The highest BCUT2D eigenvalue weighted by Gasteiger charge is 2.19. The summed E-state index contributed by atoms with van der Waals surface area (Å²) in [4.78, 5) is 23.8. The van der Waals surface area contributed by atoms with Crippen LogP contribution in [0.4, 0.5) is 5.69 Å². The van der Waals surface area contributed by atoms with E-state index in [1.807, 2.05) is 6.92 Å². The highest BCUT2D eigenvalue weighted by atomic mass is 79.9. The average molecular weight is 430 g/mol. The maximum absolute atomic E-state index is 11.9. The van der Waals surface area contributed by atoms with Crippen LogP contribution in [-0.2, 0) is 14.8 Å². The molecule has 2 amide bonds. The van der Waals surface area contributed by atoms with Crippen LogP contribution in [0.5, 0.6) is 0 Å². The van der Waals surface area contributed by atoms with Crippen molar-refractivity contribution in [3.63, 3.8) is 0 Å². The van der Waals surface area contributed by atoms with Gasteiger partial charge in [0.15, 0.2) is 5.76 Å². The summed E-state index contributed by atoms with van der Waals surface area (Å²) in [6.07, 6.45) is 0. The summed E-state index contributed by atoms with van der Waals surface area (Å²) in [7, 11) is -2.54. The van der Waals surface area contributed by atoms with Crippen molar-refractivity contribution in [2.24, 2.45) is 0 Å². The second-order valence-corrected chi connectivity index (χ2v) is 7.69. The van der Waals surface area contributed by atoms with E-state index in [0.29, 0.717) is 5.69 Å². The Morgan fingerprint density at radius 3 is 2.56 bits per heavy atom. The fourth-order valence-corrected chi connectivity index (χ4v) is 2.76. The fraction of sp³-hybridized carbons (Fsp3) is 0.200. The first-order chi connectivity index (χ1) is 11.7. The molecule has 1 aromatic heterocycles. The number of carbonyl (C=O) groups is 2. The molecule has 0 atom stereocenters. The summed E-state index contributed by atoms with van der Waals surface area (Å²) in [6, 6.07) is 7.68. The average Bonchev–Trinajstić information content (AvgIpc) is 3.07. The molecule has 0 spiro atoms. The van der Waals surface area contributed by atoms with Crippen LogP contribution in [0.25, 0.3) is 0 Å². The summed E-state index contributed by atoms with van der Waals surface area (Å²) >= 11 is 3.36. The second kappa shape index (κ2) is 7.81. The van der Waals surface area contributed by atoms with Crippen LogP contribution in [-0.4, -0.2) is 33.8 Å². The molecule has 8 nitrogen and oxygen atoms in total. The van der Waals surface area contributed by atoms with Crippen molar-refractivity contribution < 1.29 is 22.4 Å². The van der Waals surface area contributed by atoms with Gasteiger partial charge in [-0.15, -0.1) is 0 Å². The number of aryl methyl sites for hydroxylation is 1. The predicted octanol–water partition coefficient (Wildman–Crippen LogP) is 1.63. The van der Waals surface area contributed by atoms with Crippen LogP contribution in [0.1, 0.15) is 16.1 Å². The van der Waals surface area contributed by atoms with E-state index in [1.54, 1.807) is 18.2 Å². The largest absolute Gasteiger partial charge is 0.438 e. The minimum Gasteiger partial charge on any atom is -0.438 e. The first-order valence-electron chi connectivity index (χ1n) is 7.10. The van der Waals surface area contributed by atoms with Crippen molar-refractivity contribution in [2.75, 3.05) is 18.9 Å². The molecule has 0 aliphatic heterocycles. The smallest absolute Gasteiger partial charge is 0.287 e. The minimum atomic E-state index is -3.77. The molecule has 0 aliphatic rings. The Kier molecular flexibility index (Phi) is 5.98. The lowest BCUT2D eigenvalue weighted by molar-refractivity contribution is -0.115. The van der Waals surface area contributed by atoms with Gasteiger partial charge in [-0.05, 0) is 49.9 Å². The van der Waals surface area contributed by atoms with Crippen LogP contribution < -0.4 is 15.4 Å². The Morgan fingerprint density at radius 2 is 1.92 bits per heavy atom. The van der Waals surface area contributed by atoms with Gasteiger partial charge in [-0.1, -0.05) is 15.9 Å². The monoisotopic (exact) mass is 429 g/mol. The summed E-state index contributed by atoms with van der Waals surface area (Å²) in [5.41, 5.74) is 1.55. The van der Waals surface area contributed by atoms with Gasteiger partial charge in [-0.2, -0.15) is 0 Å². The molecular weight excluding hydrogens is 414 g/mol. The summed E-state index contributed by atoms with van der Waals surface area (Å²) < 4.78 is 31.1. The van der Waals surface area contributed by atoms with Gasteiger partial charge in [0.2, 0.25) is 11.0 Å². The van der Waals surface area contributed by atoms with E-state index >= 15 is 0 Å². The number of halogens is 1. The Bertz CT molecular complexity index is 908. The third-order valence-electron chi connectivity index (χ3n) is 3.19. The first kappa shape index (κ1) is 19.2. The number of hydrogen-bond acceptors (Lipinski definition) is 5. The zero-order chi connectivity index (χ0) is 18.6. The van der Waals surface area contributed by atoms with Crippen LogP contribution in [0.3, 0.4) is 0 Å². The van der Waals surface area contributed by atoms with Gasteiger partial charge in [-0.3, -0.25) is 9.59 Å². The number of benzene rings is 1. The van der Waals surface area contributed by atoms with Crippen molar-refractivity contribution in [2.45, 2.75) is 12.0 Å². The molecule has 0 saturated heterocycles. The third kappa shape index (κ3) is 4.91. The Hall–Kier alpha value is -2.17. The van der Waals surface area contributed by atoms with Crippen LogP contribution in [0.15, 0.2) is 44.3 Å². The van der Waals surface area contributed by atoms with Crippen LogP contribution in [0.2, 0.25) is 0 Å². The van der Waals surface area contributed by atoms with E-state index in [1.165, 1.54) is 13.1 Å². The number of nitrogens with one attached hydrogen (secondary N) is 3. The summed E-state index contributed by atoms with van der Waals surface area (Å²) in [5, 5.41) is 4.62. The Morgan fingerprint density at radius 1 is 1.20 bits per heavy atom. The van der Waals surface area contributed by atoms with Crippen LogP contribution in [0, 0.1) is 6.92 Å². The van der Waals surface area contributed by atoms with E-state index in [2.05, 4.69) is 31.3 Å². The number of anilines is 1. The summed E-state index contributed by atoms with van der Waals surface area (Å²) in [5.74, 6) is -1.33. The van der Waals surface area contributed by atoms with E-state index in [0.717, 1.165) is 16.1 Å². The molecular formula is C15H16BrN3O5S. The van der Waals surface area contributed by atoms with Crippen molar-refractivity contribution in [1.29, 1.82) is 0 Å². The van der Waals surface area contributed by atoms with E-state index in [4.69, 9.17) is 4.42 Å². The van der Waals surface area contributed by atoms with Gasteiger partial charge in [-0.25, -0.2) is 13.1 Å². The zero-order valence-electron chi connectivity index (χ0n) is 13.4. The van der Waals surface area contributed by atoms with E-state index < -0.39 is 21.8 Å². The highest BCUT2D eigenvalue weighted by molar-refractivity contribution is 9.10. The lowest BCUT2D eigenvalue weighted by Gasteiger charge is -2.07. The van der Waals surface area contributed by atoms with Gasteiger partial charge in [0.05, 0.1) is 6.54 Å². The molecule has 2 rings (SSSR count). The number of rotatable bonds is 6. The zero-order valence-corrected chi connectivity index (χ0v) is 15.8. The number of furan rings is 1. The summed E-state index contributed by atoms with van der Waals surface area (Å²) in [6.45, 7) is 1.60. The number of hydrogen-bond donors (Lipinski definition) is 3. The maximum atomic E-state index is 11.9. The predicted molar refractivity (Wildman–Crippen MR) is 94.8 cm³/mol. The van der Waals surface area contributed by atoms with Gasteiger partial charge >= 0.3 is 0 Å². The van der Waals surface area contributed by atoms with Gasteiger partial charge in [0.1, 0.15) is 0 Å². The lowest BCUT2D eigenvalue weighted by atomic mass is 10.2. The normalized spacial score (nSPS) is 11.2. The molecule has 3 N–H and O–H groups in total. The molecule has 0 aliphatic carbocycles. The molecule has 1 aromatic carbocycles. The first-order valence-corrected chi connectivity index (χ1v) is 9.38. The maximum Gasteiger partial charge on any atom is 0.287 e. The second-order valence-electron chi connectivity index (χ2n) is 5.02. The van der Waals surface area contributed by atoms with Crippen molar-refractivity contribution in [3.8, 4) is 0 Å². The molecule has 0 saturated carbocycles. The van der Waals surface area contributed by atoms with Crippen molar-refractivity contribution >= 4 is 43.5 Å². The van der Waals surface area contributed by atoms with E-state index in [9.17, 15) is 18.0 Å². The minimum absolute atomic E-state index is 0.207. The molecule has 25 heavy (non-hydrogen) atoms. The van der Waals surface area contributed by atoms with Crippen molar-refractivity contribution in [3.05, 3.63) is 46.1 Å². The fourth-order valence-electron chi connectivity index (χ4n) is 1.86. The molecule has 0 bridgehead atoms. The Balaban J connectivity index is 1.93. The van der Waals surface area contributed by atoms with Gasteiger partial charge < -0.3 is 15.1 Å².